The quantitative estimate of drug-likeness (QED) is 0.258. The van der Waals surface area contributed by atoms with Crippen LogP contribution in [0.3, 0.4) is 0 Å². The summed E-state index contributed by atoms with van der Waals surface area (Å²) in [6.07, 6.45) is 2.85. The molecule has 0 aliphatic heterocycles. The van der Waals surface area contributed by atoms with E-state index in [-0.39, 0.29) is 29.9 Å². The zero-order valence-corrected chi connectivity index (χ0v) is 20.7. The van der Waals surface area contributed by atoms with Crippen molar-refractivity contribution < 1.29 is 9.53 Å². The number of carbonyl (C=O) groups excluding carboxylic acids is 1. The number of nitrogens with one attached hydrogen (secondary N) is 3. The molecule has 0 unspecified atom stereocenters. The summed E-state index contributed by atoms with van der Waals surface area (Å²) in [6, 6.07) is 11.8. The Kier molecular flexibility index (Phi) is 10.0. The number of carbonyl (C=O) groups is 1. The van der Waals surface area contributed by atoms with Crippen LogP contribution >= 0.6 is 24.0 Å². The predicted molar refractivity (Wildman–Crippen MR) is 135 cm³/mol. The Balaban J connectivity index is 0.00000341. The van der Waals surface area contributed by atoms with Gasteiger partial charge in [0.05, 0.1) is 6.61 Å². The Bertz CT molecular complexity index is 899. The molecule has 1 aromatic carbocycles. The van der Waals surface area contributed by atoms with Gasteiger partial charge >= 0.3 is 0 Å². The number of nitrogens with zero attached hydrogens (tertiary/aromatic N) is 2. The second kappa shape index (κ2) is 12.5. The van der Waals surface area contributed by atoms with Crippen LogP contribution in [0.15, 0.2) is 41.4 Å². The van der Waals surface area contributed by atoms with Crippen molar-refractivity contribution in [1.29, 1.82) is 0 Å². The zero-order chi connectivity index (χ0) is 21.3. The Morgan fingerprint density at radius 2 is 2.00 bits per heavy atom. The number of hydrogen-bond donors (Lipinski definition) is 3. The fraction of sp³-hybridized carbons (Fsp3) is 0.435. The maximum Gasteiger partial charge on any atom is 0.227 e. The van der Waals surface area contributed by atoms with E-state index in [1.54, 1.807) is 13.1 Å². The number of pyridine rings is 1. The van der Waals surface area contributed by atoms with Gasteiger partial charge in [-0.05, 0) is 56.4 Å². The molecule has 2 aromatic rings. The Labute approximate surface area is 201 Å². The van der Waals surface area contributed by atoms with Crippen LogP contribution in [0, 0.1) is 19.8 Å². The van der Waals surface area contributed by atoms with E-state index in [0.29, 0.717) is 37.2 Å². The minimum absolute atomic E-state index is 0. The fourth-order valence-electron chi connectivity index (χ4n) is 2.95. The van der Waals surface area contributed by atoms with Crippen molar-refractivity contribution >= 4 is 41.7 Å². The highest BCUT2D eigenvalue weighted by atomic mass is 127. The van der Waals surface area contributed by atoms with Gasteiger partial charge in [-0.1, -0.05) is 18.2 Å². The molecule has 7 nitrogen and oxygen atoms in total. The van der Waals surface area contributed by atoms with Crippen molar-refractivity contribution in [2.75, 3.05) is 25.5 Å². The van der Waals surface area contributed by atoms with Gasteiger partial charge in [0.25, 0.3) is 0 Å². The van der Waals surface area contributed by atoms with Gasteiger partial charge in [0.15, 0.2) is 5.96 Å². The smallest absolute Gasteiger partial charge is 0.227 e. The summed E-state index contributed by atoms with van der Waals surface area (Å²) in [5.41, 5.74) is 3.14. The number of aryl methyl sites for hydroxylation is 2. The average molecular weight is 537 g/mol. The highest BCUT2D eigenvalue weighted by molar-refractivity contribution is 14.0. The molecule has 0 spiro atoms. The lowest BCUT2D eigenvalue weighted by molar-refractivity contribution is -0.116. The normalized spacial score (nSPS) is 13.2. The highest BCUT2D eigenvalue weighted by Crippen LogP contribution is 2.30. The molecule has 168 valence electrons. The van der Waals surface area contributed by atoms with Gasteiger partial charge in [0, 0.05) is 37.8 Å². The van der Waals surface area contributed by atoms with E-state index in [0.717, 1.165) is 23.6 Å². The van der Waals surface area contributed by atoms with E-state index < -0.39 is 0 Å². The predicted octanol–water partition coefficient (Wildman–Crippen LogP) is 3.80. The number of hydrogen-bond acceptors (Lipinski definition) is 4. The van der Waals surface area contributed by atoms with E-state index in [1.165, 1.54) is 18.4 Å². The van der Waals surface area contributed by atoms with Crippen LogP contribution in [-0.2, 0) is 11.3 Å². The molecule has 1 saturated carbocycles. The molecule has 1 aliphatic carbocycles. The molecule has 31 heavy (non-hydrogen) atoms. The third kappa shape index (κ3) is 8.72. The summed E-state index contributed by atoms with van der Waals surface area (Å²) in [5, 5.41) is 9.28. The highest BCUT2D eigenvalue weighted by Gasteiger charge is 2.22. The second-order valence-corrected chi connectivity index (χ2v) is 7.68. The van der Waals surface area contributed by atoms with E-state index in [2.05, 4.69) is 51.0 Å². The summed E-state index contributed by atoms with van der Waals surface area (Å²) < 4.78 is 6.03. The maximum absolute atomic E-state index is 12.1. The van der Waals surface area contributed by atoms with E-state index >= 15 is 0 Å². The summed E-state index contributed by atoms with van der Waals surface area (Å²) in [6.45, 7) is 5.81. The minimum atomic E-state index is -0.0923. The summed E-state index contributed by atoms with van der Waals surface area (Å²) in [7, 11) is 1.71. The standard InChI is InChI=1S/C23H31N5O2.HI/c1-16-7-10-19(20(13-16)30-15-18-8-9-18)14-26-23(24-3)25-12-11-22(29)28-21-6-4-5-17(2)27-21;/h4-7,10,13,18H,8-9,11-12,14-15H2,1-3H3,(H2,24,25,26)(H,27,28,29);1H. The Hall–Kier alpha value is -2.36. The first-order valence-corrected chi connectivity index (χ1v) is 10.4. The number of anilines is 1. The molecule has 1 fully saturated rings. The number of aromatic nitrogens is 1. The monoisotopic (exact) mass is 537 g/mol. The van der Waals surface area contributed by atoms with Gasteiger partial charge < -0.3 is 20.7 Å². The van der Waals surface area contributed by atoms with Crippen LogP contribution in [0.2, 0.25) is 0 Å². The van der Waals surface area contributed by atoms with Gasteiger partial charge in [0.1, 0.15) is 11.6 Å². The van der Waals surface area contributed by atoms with Crippen LogP contribution in [0.4, 0.5) is 5.82 Å². The second-order valence-electron chi connectivity index (χ2n) is 7.68. The fourth-order valence-corrected chi connectivity index (χ4v) is 2.95. The number of aliphatic imine (C=N–C) groups is 1. The number of amides is 1. The summed E-state index contributed by atoms with van der Waals surface area (Å²) in [4.78, 5) is 20.6. The Morgan fingerprint density at radius 1 is 1.19 bits per heavy atom. The van der Waals surface area contributed by atoms with Crippen LogP contribution in [-0.4, -0.2) is 37.1 Å². The van der Waals surface area contributed by atoms with Gasteiger partial charge in [-0.15, -0.1) is 24.0 Å². The first-order chi connectivity index (χ1) is 14.5. The third-order valence-corrected chi connectivity index (χ3v) is 4.86. The van der Waals surface area contributed by atoms with Gasteiger partial charge in [-0.25, -0.2) is 4.98 Å². The van der Waals surface area contributed by atoms with E-state index in [1.807, 2.05) is 19.1 Å². The van der Waals surface area contributed by atoms with E-state index in [4.69, 9.17) is 4.74 Å². The lowest BCUT2D eigenvalue weighted by atomic mass is 10.1. The van der Waals surface area contributed by atoms with Crippen molar-refractivity contribution in [2.45, 2.75) is 39.7 Å². The summed E-state index contributed by atoms with van der Waals surface area (Å²) in [5.74, 6) is 2.76. The van der Waals surface area contributed by atoms with Crippen molar-refractivity contribution in [3.8, 4) is 5.75 Å². The first-order valence-electron chi connectivity index (χ1n) is 10.4. The molecule has 0 atom stereocenters. The molecule has 1 amide bonds. The van der Waals surface area contributed by atoms with Gasteiger partial charge in [-0.3, -0.25) is 9.79 Å². The van der Waals surface area contributed by atoms with Crippen molar-refractivity contribution in [3.63, 3.8) is 0 Å². The molecule has 1 aliphatic rings. The molecule has 0 saturated heterocycles. The molecular weight excluding hydrogens is 505 g/mol. The lowest BCUT2D eigenvalue weighted by Crippen LogP contribution is -2.38. The largest absolute Gasteiger partial charge is 0.493 e. The topological polar surface area (TPSA) is 87.6 Å². The lowest BCUT2D eigenvalue weighted by Gasteiger charge is -2.15. The van der Waals surface area contributed by atoms with E-state index in [9.17, 15) is 4.79 Å². The minimum Gasteiger partial charge on any atom is -0.493 e. The number of ether oxygens (including phenoxy) is 1. The Morgan fingerprint density at radius 3 is 2.71 bits per heavy atom. The van der Waals surface area contributed by atoms with Crippen molar-refractivity contribution in [2.24, 2.45) is 10.9 Å². The molecule has 0 radical (unpaired) electrons. The maximum atomic E-state index is 12.1. The van der Waals surface area contributed by atoms with Crippen molar-refractivity contribution in [1.82, 2.24) is 15.6 Å². The molecule has 1 heterocycles. The van der Waals surface area contributed by atoms with Crippen LogP contribution in [0.1, 0.15) is 36.1 Å². The van der Waals surface area contributed by atoms with Crippen molar-refractivity contribution in [3.05, 3.63) is 53.2 Å². The first kappa shape index (κ1) is 24.9. The zero-order valence-electron chi connectivity index (χ0n) is 18.4. The van der Waals surface area contributed by atoms with Crippen LogP contribution in [0.5, 0.6) is 5.75 Å². The summed E-state index contributed by atoms with van der Waals surface area (Å²) >= 11 is 0. The van der Waals surface area contributed by atoms with Crippen LogP contribution in [0.25, 0.3) is 0 Å². The number of guanidine groups is 1. The van der Waals surface area contributed by atoms with Gasteiger partial charge in [0.2, 0.25) is 5.91 Å². The molecule has 3 rings (SSSR count). The molecule has 8 heteroatoms. The molecule has 1 aromatic heterocycles. The SMILES string of the molecule is CN=C(NCCC(=O)Nc1cccc(C)n1)NCc1ccc(C)cc1OCC1CC1.I. The average Bonchev–Trinajstić information content (AvgIpc) is 3.54. The third-order valence-electron chi connectivity index (χ3n) is 4.86. The molecule has 3 N–H and O–H groups in total. The number of benzene rings is 1. The molecular formula is C23H32IN5O2. The number of halogens is 1. The van der Waals surface area contributed by atoms with Gasteiger partial charge in [-0.2, -0.15) is 0 Å². The van der Waals surface area contributed by atoms with Crippen LogP contribution < -0.4 is 20.7 Å². The number of rotatable bonds is 9. The molecule has 0 bridgehead atoms.